The molecule has 0 N–H and O–H groups in total. The van der Waals surface area contributed by atoms with Crippen LogP contribution in [0, 0.1) is 0 Å². The second-order valence-corrected chi connectivity index (χ2v) is 3.88. The van der Waals surface area contributed by atoms with Crippen molar-refractivity contribution >= 4 is 34.9 Å². The van der Waals surface area contributed by atoms with Crippen molar-refractivity contribution < 1.29 is 9.63 Å². The van der Waals surface area contributed by atoms with Crippen LogP contribution in [0.5, 0.6) is 0 Å². The Morgan fingerprint density at radius 2 is 2.07 bits per heavy atom. The lowest BCUT2D eigenvalue weighted by Crippen LogP contribution is -2.28. The lowest BCUT2D eigenvalue weighted by Gasteiger charge is -2.13. The van der Waals surface area contributed by atoms with Gasteiger partial charge >= 0.3 is 6.03 Å². The maximum absolute atomic E-state index is 11.6. The zero-order chi connectivity index (χ0) is 11.0. The first-order chi connectivity index (χ1) is 7.09. The molecule has 1 aliphatic rings. The summed E-state index contributed by atoms with van der Waals surface area (Å²) in [5.41, 5.74) is 0.666. The van der Waals surface area contributed by atoms with E-state index < -0.39 is 0 Å². The fraction of sp³-hybridized carbons (Fsp3) is 0.222. The molecule has 0 aliphatic carbocycles. The van der Waals surface area contributed by atoms with Gasteiger partial charge in [0.15, 0.2) is 6.73 Å². The molecule has 4 nitrogen and oxygen atoms in total. The molecular formula is C9H8Cl2N2O2. The summed E-state index contributed by atoms with van der Waals surface area (Å²) in [4.78, 5) is 18.0. The Bertz CT molecular complexity index is 411. The molecule has 2 amide bonds. The molecule has 0 unspecified atom stereocenters. The quantitative estimate of drug-likeness (QED) is 0.764. The average molecular weight is 247 g/mol. The number of nitrogens with zero attached hydrogens (tertiary/aromatic N) is 2. The summed E-state index contributed by atoms with van der Waals surface area (Å²) in [6.07, 6.45) is 0. The molecule has 1 aromatic carbocycles. The van der Waals surface area contributed by atoms with E-state index in [1.807, 2.05) is 0 Å². The van der Waals surface area contributed by atoms with E-state index in [-0.39, 0.29) is 12.8 Å². The lowest BCUT2D eigenvalue weighted by atomic mass is 10.3. The predicted octanol–water partition coefficient (Wildman–Crippen LogP) is 2.75. The van der Waals surface area contributed by atoms with E-state index in [4.69, 9.17) is 28.0 Å². The number of hydrogen-bond acceptors (Lipinski definition) is 2. The molecule has 0 spiro atoms. The van der Waals surface area contributed by atoms with Crippen molar-refractivity contribution in [1.29, 1.82) is 0 Å². The van der Waals surface area contributed by atoms with Crippen molar-refractivity contribution in [2.45, 2.75) is 0 Å². The Morgan fingerprint density at radius 3 is 2.60 bits per heavy atom. The molecule has 0 radical (unpaired) electrons. The van der Waals surface area contributed by atoms with Gasteiger partial charge in [0, 0.05) is 12.7 Å². The van der Waals surface area contributed by atoms with E-state index in [0.29, 0.717) is 15.7 Å². The molecular weight excluding hydrogens is 239 g/mol. The third kappa shape index (κ3) is 1.88. The minimum atomic E-state index is -0.228. The molecule has 1 fully saturated rings. The fourth-order valence-corrected chi connectivity index (χ4v) is 1.56. The lowest BCUT2D eigenvalue weighted by molar-refractivity contribution is -0.0585. The van der Waals surface area contributed by atoms with Gasteiger partial charge in [-0.3, -0.25) is 4.90 Å². The van der Waals surface area contributed by atoms with Gasteiger partial charge in [-0.1, -0.05) is 23.2 Å². The molecule has 2 rings (SSSR count). The van der Waals surface area contributed by atoms with Crippen LogP contribution in [-0.4, -0.2) is 24.9 Å². The van der Waals surface area contributed by atoms with Crippen LogP contribution in [0.4, 0.5) is 10.5 Å². The maximum Gasteiger partial charge on any atom is 0.350 e. The Labute approximate surface area is 96.9 Å². The number of carbonyl (C=O) groups is 1. The van der Waals surface area contributed by atoms with Crippen LogP contribution in [0.25, 0.3) is 0 Å². The highest BCUT2D eigenvalue weighted by molar-refractivity contribution is 6.42. The summed E-state index contributed by atoms with van der Waals surface area (Å²) in [6.45, 7) is 0.188. The van der Waals surface area contributed by atoms with E-state index in [1.165, 1.54) is 9.96 Å². The zero-order valence-corrected chi connectivity index (χ0v) is 9.42. The molecule has 6 heteroatoms. The predicted molar refractivity (Wildman–Crippen MR) is 58.1 cm³/mol. The Morgan fingerprint density at radius 1 is 1.33 bits per heavy atom. The van der Waals surface area contributed by atoms with Gasteiger partial charge in [-0.2, -0.15) is 0 Å². The number of amides is 2. The van der Waals surface area contributed by atoms with Crippen molar-refractivity contribution in [2.75, 3.05) is 18.7 Å². The third-order valence-corrected chi connectivity index (χ3v) is 2.83. The molecule has 1 aliphatic heterocycles. The summed E-state index contributed by atoms with van der Waals surface area (Å²) in [6, 6.07) is 4.76. The highest BCUT2D eigenvalue weighted by Gasteiger charge is 2.28. The minimum Gasteiger partial charge on any atom is -0.266 e. The SMILES string of the molecule is CN1OCN(c2ccc(Cl)c(Cl)c2)C1=O. The Hall–Kier alpha value is -0.970. The molecule has 1 aromatic rings. The molecule has 0 atom stereocenters. The van der Waals surface area contributed by atoms with Crippen molar-refractivity contribution in [3.8, 4) is 0 Å². The molecule has 15 heavy (non-hydrogen) atoms. The summed E-state index contributed by atoms with van der Waals surface area (Å²) in [5.74, 6) is 0. The summed E-state index contributed by atoms with van der Waals surface area (Å²) in [5, 5.41) is 2.04. The molecule has 0 aromatic heterocycles. The van der Waals surface area contributed by atoms with Gasteiger partial charge in [-0.05, 0) is 18.2 Å². The molecule has 80 valence electrons. The number of urea groups is 1. The minimum absolute atomic E-state index is 0.188. The van der Waals surface area contributed by atoms with Gasteiger partial charge in [0.2, 0.25) is 0 Å². The number of carbonyl (C=O) groups excluding carboxylic acids is 1. The Balaban J connectivity index is 2.31. The van der Waals surface area contributed by atoms with E-state index in [2.05, 4.69) is 0 Å². The summed E-state index contributed by atoms with van der Waals surface area (Å²) in [7, 11) is 1.56. The third-order valence-electron chi connectivity index (χ3n) is 2.10. The van der Waals surface area contributed by atoms with E-state index >= 15 is 0 Å². The maximum atomic E-state index is 11.6. The fourth-order valence-electron chi connectivity index (χ4n) is 1.26. The standard InChI is InChI=1S/C9H8Cl2N2O2/c1-12-9(14)13(5-15-12)6-2-3-7(10)8(11)4-6/h2-4H,5H2,1H3. The summed E-state index contributed by atoms with van der Waals surface area (Å²) < 4.78 is 0. The number of benzene rings is 1. The van der Waals surface area contributed by atoms with Gasteiger partial charge in [0.25, 0.3) is 0 Å². The van der Waals surface area contributed by atoms with Gasteiger partial charge in [0.05, 0.1) is 10.0 Å². The number of hydroxylamine groups is 2. The highest BCUT2D eigenvalue weighted by Crippen LogP contribution is 2.28. The summed E-state index contributed by atoms with van der Waals surface area (Å²) >= 11 is 11.6. The van der Waals surface area contributed by atoms with Crippen LogP contribution in [-0.2, 0) is 4.84 Å². The number of rotatable bonds is 1. The van der Waals surface area contributed by atoms with Crippen LogP contribution < -0.4 is 4.90 Å². The highest BCUT2D eigenvalue weighted by atomic mass is 35.5. The molecule has 1 saturated heterocycles. The average Bonchev–Trinajstić information content (AvgIpc) is 2.53. The molecule has 1 heterocycles. The number of hydrogen-bond donors (Lipinski definition) is 0. The normalized spacial score (nSPS) is 16.3. The Kier molecular flexibility index (Phi) is 2.73. The van der Waals surface area contributed by atoms with Crippen LogP contribution >= 0.6 is 23.2 Å². The van der Waals surface area contributed by atoms with Gasteiger partial charge < -0.3 is 0 Å². The second kappa shape index (κ2) is 3.89. The first kappa shape index (κ1) is 10.5. The topological polar surface area (TPSA) is 32.8 Å². The van der Waals surface area contributed by atoms with E-state index in [0.717, 1.165) is 0 Å². The molecule has 0 bridgehead atoms. The zero-order valence-electron chi connectivity index (χ0n) is 7.91. The first-order valence-corrected chi connectivity index (χ1v) is 4.98. The largest absolute Gasteiger partial charge is 0.350 e. The van der Waals surface area contributed by atoms with E-state index in [1.54, 1.807) is 25.2 Å². The van der Waals surface area contributed by atoms with Gasteiger partial charge in [-0.15, -0.1) is 0 Å². The first-order valence-electron chi connectivity index (χ1n) is 4.23. The van der Waals surface area contributed by atoms with Crippen molar-refractivity contribution in [3.05, 3.63) is 28.2 Å². The second-order valence-electron chi connectivity index (χ2n) is 3.06. The smallest absolute Gasteiger partial charge is 0.266 e. The van der Waals surface area contributed by atoms with Gasteiger partial charge in [0.1, 0.15) is 0 Å². The molecule has 0 saturated carbocycles. The van der Waals surface area contributed by atoms with Crippen LogP contribution in [0.2, 0.25) is 10.0 Å². The van der Waals surface area contributed by atoms with Crippen molar-refractivity contribution in [1.82, 2.24) is 5.06 Å². The van der Waals surface area contributed by atoms with Crippen molar-refractivity contribution in [2.24, 2.45) is 0 Å². The van der Waals surface area contributed by atoms with Crippen LogP contribution in [0.1, 0.15) is 0 Å². The monoisotopic (exact) mass is 246 g/mol. The number of halogens is 2. The van der Waals surface area contributed by atoms with Crippen LogP contribution in [0.15, 0.2) is 18.2 Å². The van der Waals surface area contributed by atoms with Gasteiger partial charge in [-0.25, -0.2) is 14.7 Å². The number of anilines is 1. The van der Waals surface area contributed by atoms with E-state index in [9.17, 15) is 4.79 Å². The van der Waals surface area contributed by atoms with Crippen LogP contribution in [0.3, 0.4) is 0 Å². The van der Waals surface area contributed by atoms with Crippen molar-refractivity contribution in [3.63, 3.8) is 0 Å².